The molecular formula is C10H21NOS. The molecule has 0 amide bonds. The molecule has 0 radical (unpaired) electrons. The summed E-state index contributed by atoms with van der Waals surface area (Å²) in [6.07, 6.45) is 2.14. The Kier molecular flexibility index (Phi) is 4.07. The normalized spacial score (nSPS) is 33.5. The van der Waals surface area contributed by atoms with Crippen LogP contribution in [0.15, 0.2) is 0 Å². The van der Waals surface area contributed by atoms with Crippen molar-refractivity contribution < 1.29 is 5.11 Å². The molecule has 1 aliphatic carbocycles. The molecule has 0 aromatic carbocycles. The zero-order valence-electron chi connectivity index (χ0n) is 8.84. The van der Waals surface area contributed by atoms with Crippen molar-refractivity contribution in [2.45, 2.75) is 50.5 Å². The number of rotatable bonds is 5. The Balaban J connectivity index is 2.29. The van der Waals surface area contributed by atoms with Gasteiger partial charge in [0.25, 0.3) is 0 Å². The molecule has 0 bridgehead atoms. The van der Waals surface area contributed by atoms with Crippen LogP contribution in [-0.2, 0) is 0 Å². The molecule has 0 spiro atoms. The number of hydrogen-bond donors (Lipinski definition) is 2. The van der Waals surface area contributed by atoms with Gasteiger partial charge in [0.05, 0.1) is 5.60 Å². The first kappa shape index (κ1) is 11.3. The van der Waals surface area contributed by atoms with E-state index >= 15 is 0 Å². The third-order valence-corrected chi connectivity index (χ3v) is 4.03. The van der Waals surface area contributed by atoms with E-state index in [1.165, 1.54) is 6.42 Å². The summed E-state index contributed by atoms with van der Waals surface area (Å²) < 4.78 is 0. The molecule has 2 N–H and O–H groups in total. The van der Waals surface area contributed by atoms with Gasteiger partial charge in [-0.15, -0.1) is 0 Å². The predicted octanol–water partition coefficient (Wildman–Crippen LogP) is 1.63. The highest BCUT2D eigenvalue weighted by Crippen LogP contribution is 2.40. The van der Waals surface area contributed by atoms with Crippen LogP contribution in [0.4, 0.5) is 0 Å². The Morgan fingerprint density at radius 2 is 2.31 bits per heavy atom. The average molecular weight is 203 g/mol. The van der Waals surface area contributed by atoms with Crippen LogP contribution in [0.3, 0.4) is 0 Å². The highest BCUT2D eigenvalue weighted by atomic mass is 32.2. The van der Waals surface area contributed by atoms with Crippen LogP contribution in [0.5, 0.6) is 0 Å². The molecule has 0 heterocycles. The molecule has 0 saturated heterocycles. The zero-order valence-corrected chi connectivity index (χ0v) is 9.66. The number of hydrogen-bond acceptors (Lipinski definition) is 3. The largest absolute Gasteiger partial charge is 0.387 e. The van der Waals surface area contributed by atoms with E-state index in [0.29, 0.717) is 11.3 Å². The van der Waals surface area contributed by atoms with Crippen molar-refractivity contribution in [2.75, 3.05) is 12.3 Å². The van der Waals surface area contributed by atoms with E-state index in [0.717, 1.165) is 18.7 Å². The van der Waals surface area contributed by atoms with E-state index in [1.807, 2.05) is 11.8 Å². The third-order valence-electron chi connectivity index (χ3n) is 2.62. The van der Waals surface area contributed by atoms with Crippen LogP contribution in [-0.4, -0.2) is 34.3 Å². The maximum absolute atomic E-state index is 10.2. The second kappa shape index (κ2) is 4.67. The van der Waals surface area contributed by atoms with Crippen molar-refractivity contribution in [3.63, 3.8) is 0 Å². The first-order chi connectivity index (χ1) is 6.08. The van der Waals surface area contributed by atoms with Gasteiger partial charge >= 0.3 is 0 Å². The van der Waals surface area contributed by atoms with Crippen LogP contribution in [0.25, 0.3) is 0 Å². The fraction of sp³-hybridized carbons (Fsp3) is 1.00. The average Bonchev–Trinajstić information content (AvgIpc) is 2.08. The molecule has 0 aliphatic heterocycles. The Labute approximate surface area is 85.5 Å². The van der Waals surface area contributed by atoms with Gasteiger partial charge in [0, 0.05) is 17.8 Å². The van der Waals surface area contributed by atoms with E-state index < -0.39 is 5.60 Å². The minimum atomic E-state index is -0.426. The van der Waals surface area contributed by atoms with Crippen LogP contribution < -0.4 is 5.32 Å². The van der Waals surface area contributed by atoms with Crippen LogP contribution in [0.2, 0.25) is 0 Å². The lowest BCUT2D eigenvalue weighted by Gasteiger charge is -2.45. The molecule has 2 atom stereocenters. The van der Waals surface area contributed by atoms with Crippen LogP contribution in [0.1, 0.15) is 33.6 Å². The summed E-state index contributed by atoms with van der Waals surface area (Å²) in [7, 11) is 0. The van der Waals surface area contributed by atoms with Crippen molar-refractivity contribution in [3.05, 3.63) is 0 Å². The Morgan fingerprint density at radius 3 is 2.69 bits per heavy atom. The van der Waals surface area contributed by atoms with Crippen molar-refractivity contribution >= 4 is 11.8 Å². The summed E-state index contributed by atoms with van der Waals surface area (Å²) >= 11 is 1.89. The minimum Gasteiger partial charge on any atom is -0.387 e. The molecule has 0 aromatic rings. The highest BCUT2D eigenvalue weighted by molar-refractivity contribution is 8.00. The number of aliphatic hydroxyl groups is 1. The molecule has 13 heavy (non-hydrogen) atoms. The molecule has 0 aromatic heterocycles. The van der Waals surface area contributed by atoms with Crippen molar-refractivity contribution in [3.8, 4) is 0 Å². The van der Waals surface area contributed by atoms with Gasteiger partial charge < -0.3 is 10.4 Å². The fourth-order valence-corrected chi connectivity index (χ4v) is 2.82. The van der Waals surface area contributed by atoms with E-state index in [1.54, 1.807) is 0 Å². The summed E-state index contributed by atoms with van der Waals surface area (Å²) in [5.74, 6) is 1.11. The van der Waals surface area contributed by atoms with Gasteiger partial charge in [-0.2, -0.15) is 11.8 Å². The van der Waals surface area contributed by atoms with Gasteiger partial charge in [-0.25, -0.2) is 0 Å². The standard InChI is InChI=1S/C10H21NOS/c1-4-13-9-5-6-10(9,12)7-11-8(2)3/h8-9,11-12H,4-7H2,1-3H3. The smallest absolute Gasteiger partial charge is 0.0889 e. The number of nitrogens with one attached hydrogen (secondary N) is 1. The molecule has 2 nitrogen and oxygen atoms in total. The molecule has 2 unspecified atom stereocenters. The van der Waals surface area contributed by atoms with Crippen molar-refractivity contribution in [2.24, 2.45) is 0 Å². The maximum Gasteiger partial charge on any atom is 0.0889 e. The fourth-order valence-electron chi connectivity index (χ4n) is 1.62. The lowest BCUT2D eigenvalue weighted by molar-refractivity contribution is -0.0245. The van der Waals surface area contributed by atoms with Gasteiger partial charge in [0.1, 0.15) is 0 Å². The first-order valence-electron chi connectivity index (χ1n) is 5.16. The molecule has 1 saturated carbocycles. The molecular weight excluding hydrogens is 182 g/mol. The number of thioether (sulfide) groups is 1. The quantitative estimate of drug-likeness (QED) is 0.712. The van der Waals surface area contributed by atoms with Gasteiger partial charge in [-0.05, 0) is 18.6 Å². The third kappa shape index (κ3) is 2.86. The van der Waals surface area contributed by atoms with E-state index in [9.17, 15) is 5.11 Å². The highest BCUT2D eigenvalue weighted by Gasteiger charge is 2.44. The maximum atomic E-state index is 10.2. The van der Waals surface area contributed by atoms with Gasteiger partial charge in [-0.1, -0.05) is 20.8 Å². The zero-order chi connectivity index (χ0) is 9.90. The van der Waals surface area contributed by atoms with Crippen molar-refractivity contribution in [1.82, 2.24) is 5.32 Å². The van der Waals surface area contributed by atoms with Gasteiger partial charge in [0.2, 0.25) is 0 Å². The molecule has 3 heteroatoms. The first-order valence-corrected chi connectivity index (χ1v) is 6.20. The Morgan fingerprint density at radius 1 is 1.62 bits per heavy atom. The summed E-state index contributed by atoms with van der Waals surface area (Å²) in [5, 5.41) is 13.9. The van der Waals surface area contributed by atoms with Gasteiger partial charge in [-0.3, -0.25) is 0 Å². The molecule has 1 rings (SSSR count). The monoisotopic (exact) mass is 203 g/mol. The topological polar surface area (TPSA) is 32.3 Å². The Bertz CT molecular complexity index is 163. The SMILES string of the molecule is CCSC1CCC1(O)CNC(C)C. The molecule has 1 fully saturated rings. The van der Waals surface area contributed by atoms with E-state index in [4.69, 9.17) is 0 Å². The van der Waals surface area contributed by atoms with E-state index in [2.05, 4.69) is 26.1 Å². The molecule has 1 aliphatic rings. The van der Waals surface area contributed by atoms with Crippen LogP contribution in [0, 0.1) is 0 Å². The van der Waals surface area contributed by atoms with E-state index in [-0.39, 0.29) is 0 Å². The summed E-state index contributed by atoms with van der Waals surface area (Å²) in [6, 6.07) is 0.469. The van der Waals surface area contributed by atoms with Crippen molar-refractivity contribution in [1.29, 1.82) is 0 Å². The second-order valence-electron chi connectivity index (χ2n) is 4.12. The lowest BCUT2D eigenvalue weighted by Crippen LogP contribution is -2.57. The molecule has 78 valence electrons. The predicted molar refractivity (Wildman–Crippen MR) is 59.2 cm³/mol. The summed E-state index contributed by atoms with van der Waals surface area (Å²) in [5.41, 5.74) is -0.426. The lowest BCUT2D eigenvalue weighted by atomic mass is 9.79. The summed E-state index contributed by atoms with van der Waals surface area (Å²) in [4.78, 5) is 0. The minimum absolute atomic E-state index is 0.426. The Hall–Kier alpha value is 0.270. The van der Waals surface area contributed by atoms with Gasteiger partial charge in [0.15, 0.2) is 0 Å². The van der Waals surface area contributed by atoms with Crippen LogP contribution >= 0.6 is 11.8 Å². The second-order valence-corrected chi connectivity index (χ2v) is 5.60. The summed E-state index contributed by atoms with van der Waals surface area (Å²) in [6.45, 7) is 7.13.